The zero-order valence-electron chi connectivity index (χ0n) is 11.2. The Kier molecular flexibility index (Phi) is 4.92. The normalized spacial score (nSPS) is 16.4. The van der Waals surface area contributed by atoms with Gasteiger partial charge in [-0.1, -0.05) is 0 Å². The van der Waals surface area contributed by atoms with Crippen molar-refractivity contribution in [2.75, 3.05) is 51.3 Å². The highest BCUT2D eigenvalue weighted by Crippen LogP contribution is 2.26. The van der Waals surface area contributed by atoms with Crippen molar-refractivity contribution in [2.45, 2.75) is 6.92 Å². The van der Waals surface area contributed by atoms with Gasteiger partial charge in [0.2, 0.25) is 5.82 Å². The second-order valence-corrected chi connectivity index (χ2v) is 4.81. The standard InChI is InChI=1S/C11H18N4O3S/c1-3-17-9(16)8-18-11-10(12-19-13-11)15-6-4-14(2)5-7-15/h3-8H2,1-2H3. The molecule has 7 nitrogen and oxygen atoms in total. The molecule has 0 unspecified atom stereocenters. The molecular formula is C11H18N4O3S. The van der Waals surface area contributed by atoms with E-state index in [0.29, 0.717) is 12.5 Å². The van der Waals surface area contributed by atoms with Crippen LogP contribution in [-0.2, 0) is 9.53 Å². The van der Waals surface area contributed by atoms with E-state index in [4.69, 9.17) is 9.47 Å². The quantitative estimate of drug-likeness (QED) is 0.718. The minimum atomic E-state index is -0.389. The molecule has 8 heteroatoms. The Hall–Kier alpha value is -1.41. The molecule has 0 saturated carbocycles. The van der Waals surface area contributed by atoms with Crippen molar-refractivity contribution in [1.82, 2.24) is 13.6 Å². The monoisotopic (exact) mass is 286 g/mol. The maximum absolute atomic E-state index is 11.3. The molecule has 1 aromatic heterocycles. The number of piperazine rings is 1. The molecule has 0 N–H and O–H groups in total. The van der Waals surface area contributed by atoms with Crippen LogP contribution in [0.15, 0.2) is 0 Å². The molecule has 2 heterocycles. The number of carbonyl (C=O) groups excluding carboxylic acids is 1. The van der Waals surface area contributed by atoms with Gasteiger partial charge in [-0.3, -0.25) is 0 Å². The van der Waals surface area contributed by atoms with Crippen molar-refractivity contribution in [2.24, 2.45) is 0 Å². The number of anilines is 1. The Bertz CT molecular complexity index is 418. The van der Waals surface area contributed by atoms with Crippen LogP contribution in [0.1, 0.15) is 6.92 Å². The van der Waals surface area contributed by atoms with Crippen LogP contribution in [0, 0.1) is 0 Å². The van der Waals surface area contributed by atoms with Gasteiger partial charge >= 0.3 is 5.97 Å². The smallest absolute Gasteiger partial charge is 0.344 e. The first kappa shape index (κ1) is 14.0. The maximum atomic E-state index is 11.3. The maximum Gasteiger partial charge on any atom is 0.344 e. The molecule has 0 aliphatic carbocycles. The van der Waals surface area contributed by atoms with E-state index in [9.17, 15) is 4.79 Å². The van der Waals surface area contributed by atoms with Gasteiger partial charge in [0.1, 0.15) is 0 Å². The summed E-state index contributed by atoms with van der Waals surface area (Å²) in [7, 11) is 2.09. The first-order chi connectivity index (χ1) is 9.20. The number of aromatic nitrogens is 2. The van der Waals surface area contributed by atoms with Crippen LogP contribution in [0.4, 0.5) is 5.82 Å². The molecule has 1 aliphatic rings. The fraction of sp³-hybridized carbons (Fsp3) is 0.727. The lowest BCUT2D eigenvalue weighted by molar-refractivity contribution is -0.145. The molecule has 1 saturated heterocycles. The lowest BCUT2D eigenvalue weighted by atomic mass is 10.3. The Morgan fingerprint density at radius 3 is 2.74 bits per heavy atom. The van der Waals surface area contributed by atoms with Gasteiger partial charge in [0, 0.05) is 26.2 Å². The van der Waals surface area contributed by atoms with E-state index in [0.717, 1.165) is 43.7 Å². The summed E-state index contributed by atoms with van der Waals surface area (Å²) >= 11 is 1.09. The van der Waals surface area contributed by atoms with Crippen LogP contribution < -0.4 is 9.64 Å². The van der Waals surface area contributed by atoms with Gasteiger partial charge in [0.25, 0.3) is 5.88 Å². The third-order valence-corrected chi connectivity index (χ3v) is 3.38. The van der Waals surface area contributed by atoms with Gasteiger partial charge in [-0.05, 0) is 14.0 Å². The van der Waals surface area contributed by atoms with Crippen LogP contribution in [0.2, 0.25) is 0 Å². The highest BCUT2D eigenvalue weighted by Gasteiger charge is 2.21. The molecule has 1 fully saturated rings. The topological polar surface area (TPSA) is 67.8 Å². The number of hydrogen-bond acceptors (Lipinski definition) is 8. The van der Waals surface area contributed by atoms with Gasteiger partial charge in [0.05, 0.1) is 18.3 Å². The molecular weight excluding hydrogens is 268 g/mol. The van der Waals surface area contributed by atoms with Crippen molar-refractivity contribution in [1.29, 1.82) is 0 Å². The second-order valence-electron chi connectivity index (χ2n) is 4.28. The second kappa shape index (κ2) is 6.67. The SMILES string of the molecule is CCOC(=O)COc1nsnc1N1CCN(C)CC1. The summed E-state index contributed by atoms with van der Waals surface area (Å²) in [5.74, 6) is 0.754. The number of nitrogens with zero attached hydrogens (tertiary/aromatic N) is 4. The average molecular weight is 286 g/mol. The van der Waals surface area contributed by atoms with E-state index in [1.54, 1.807) is 6.92 Å². The molecule has 0 aromatic carbocycles. The number of carbonyl (C=O) groups is 1. The number of ether oxygens (including phenoxy) is 2. The first-order valence-electron chi connectivity index (χ1n) is 6.25. The molecule has 0 spiro atoms. The Balaban J connectivity index is 1.92. The van der Waals surface area contributed by atoms with Gasteiger partial charge in [-0.25, -0.2) is 4.79 Å². The van der Waals surface area contributed by atoms with Crippen LogP contribution in [0.5, 0.6) is 5.88 Å². The van der Waals surface area contributed by atoms with Crippen LogP contribution in [0.25, 0.3) is 0 Å². The van der Waals surface area contributed by atoms with E-state index >= 15 is 0 Å². The fourth-order valence-corrected chi connectivity index (χ4v) is 2.33. The Morgan fingerprint density at radius 2 is 2.05 bits per heavy atom. The lowest BCUT2D eigenvalue weighted by Crippen LogP contribution is -2.44. The predicted octanol–water partition coefficient (Wildman–Crippen LogP) is 0.232. The van der Waals surface area contributed by atoms with Crippen LogP contribution >= 0.6 is 11.7 Å². The average Bonchev–Trinajstić information content (AvgIpc) is 2.86. The third kappa shape index (κ3) is 3.77. The molecule has 1 aromatic rings. The molecule has 0 radical (unpaired) electrons. The Morgan fingerprint density at radius 1 is 1.32 bits per heavy atom. The number of esters is 1. The number of likely N-dealkylation sites (N-methyl/N-ethyl adjacent to an activating group) is 1. The van der Waals surface area contributed by atoms with Crippen molar-refractivity contribution in [3.8, 4) is 5.88 Å². The van der Waals surface area contributed by atoms with E-state index in [-0.39, 0.29) is 12.6 Å². The molecule has 2 rings (SSSR count). The van der Waals surface area contributed by atoms with Crippen LogP contribution in [0.3, 0.4) is 0 Å². The highest BCUT2D eigenvalue weighted by molar-refractivity contribution is 6.99. The summed E-state index contributed by atoms with van der Waals surface area (Å²) in [6, 6.07) is 0. The van der Waals surface area contributed by atoms with Gasteiger partial charge in [-0.15, -0.1) is 4.37 Å². The van der Waals surface area contributed by atoms with Gasteiger partial charge in [0.15, 0.2) is 6.61 Å². The summed E-state index contributed by atoms with van der Waals surface area (Å²) in [6.45, 7) is 5.72. The third-order valence-electron chi connectivity index (χ3n) is 2.88. The summed E-state index contributed by atoms with van der Waals surface area (Å²) < 4.78 is 18.5. The van der Waals surface area contributed by atoms with Gasteiger partial charge in [-0.2, -0.15) is 4.37 Å². The Labute approximate surface area is 116 Å². The summed E-state index contributed by atoms with van der Waals surface area (Å²) in [6.07, 6.45) is 0. The molecule has 106 valence electrons. The molecule has 19 heavy (non-hydrogen) atoms. The van der Waals surface area contributed by atoms with E-state index in [2.05, 4.69) is 25.6 Å². The predicted molar refractivity (Wildman–Crippen MR) is 71.7 cm³/mol. The van der Waals surface area contributed by atoms with E-state index < -0.39 is 0 Å². The summed E-state index contributed by atoms with van der Waals surface area (Å²) in [5, 5.41) is 0. The zero-order valence-corrected chi connectivity index (χ0v) is 12.0. The van der Waals surface area contributed by atoms with Crippen molar-refractivity contribution >= 4 is 23.5 Å². The van der Waals surface area contributed by atoms with Crippen molar-refractivity contribution < 1.29 is 14.3 Å². The lowest BCUT2D eigenvalue weighted by Gasteiger charge is -2.32. The van der Waals surface area contributed by atoms with Crippen LogP contribution in [-0.4, -0.2) is 66.1 Å². The molecule has 1 aliphatic heterocycles. The number of rotatable bonds is 5. The van der Waals surface area contributed by atoms with Crippen molar-refractivity contribution in [3.63, 3.8) is 0 Å². The fourth-order valence-electron chi connectivity index (χ4n) is 1.81. The van der Waals surface area contributed by atoms with Crippen molar-refractivity contribution in [3.05, 3.63) is 0 Å². The number of hydrogen-bond donors (Lipinski definition) is 0. The highest BCUT2D eigenvalue weighted by atomic mass is 32.1. The summed E-state index contributed by atoms with van der Waals surface area (Å²) in [4.78, 5) is 15.6. The largest absolute Gasteiger partial charge is 0.463 e. The van der Waals surface area contributed by atoms with E-state index in [1.165, 1.54) is 0 Å². The molecule has 0 bridgehead atoms. The van der Waals surface area contributed by atoms with E-state index in [1.807, 2.05) is 0 Å². The summed E-state index contributed by atoms with van der Waals surface area (Å²) in [5.41, 5.74) is 0. The zero-order chi connectivity index (χ0) is 13.7. The molecule has 0 amide bonds. The minimum Gasteiger partial charge on any atom is -0.463 e. The minimum absolute atomic E-state index is 0.125. The molecule has 0 atom stereocenters. The van der Waals surface area contributed by atoms with Gasteiger partial charge < -0.3 is 19.3 Å². The first-order valence-corrected chi connectivity index (χ1v) is 6.98.